The summed E-state index contributed by atoms with van der Waals surface area (Å²) in [6.45, 7) is 0.788. The number of aryl methyl sites for hydroxylation is 2. The van der Waals surface area contributed by atoms with Gasteiger partial charge in [0.15, 0.2) is 0 Å². The molecule has 2 heterocycles. The second-order valence-corrected chi connectivity index (χ2v) is 7.95. The average Bonchev–Trinajstić information content (AvgIpc) is 3.21. The molecule has 1 aliphatic rings. The molecule has 2 aromatic heterocycles. The highest BCUT2D eigenvalue weighted by Gasteiger charge is 2.38. The Morgan fingerprint density at radius 1 is 1.05 bits per heavy atom. The van der Waals surface area contributed by atoms with Crippen LogP contribution in [0.15, 0.2) is 36.5 Å². The summed E-state index contributed by atoms with van der Waals surface area (Å²) in [6, 6.07) is 6.67. The van der Waals surface area contributed by atoms with Crippen LogP contribution in [0, 0.1) is 0 Å². The van der Waals surface area contributed by atoms with Crippen LogP contribution in [0.3, 0.4) is 0 Å². The van der Waals surface area contributed by atoms with Crippen molar-refractivity contribution in [3.8, 4) is 22.5 Å². The van der Waals surface area contributed by atoms with E-state index in [0.717, 1.165) is 17.7 Å². The zero-order chi connectivity index (χ0) is 27.5. The number of benzene rings is 1. The Balaban J connectivity index is 0.000000479. The number of nitrogens with two attached hydrogens (primary N) is 1. The Morgan fingerprint density at radius 3 is 2.30 bits per heavy atom. The van der Waals surface area contributed by atoms with E-state index in [2.05, 4.69) is 10.1 Å². The first kappa shape index (κ1) is 27.6. The molecule has 8 nitrogen and oxygen atoms in total. The van der Waals surface area contributed by atoms with Crippen LogP contribution in [-0.2, 0) is 30.4 Å². The Hall–Kier alpha value is -3.94. The smallest absolute Gasteiger partial charge is 0.477 e. The molecule has 4 rings (SSSR count). The number of rotatable bonds is 5. The molecule has 1 aromatic carbocycles. The zero-order valence-corrected chi connectivity index (χ0v) is 18.9. The van der Waals surface area contributed by atoms with Crippen LogP contribution >= 0.6 is 0 Å². The number of aromatic nitrogens is 3. The molecule has 0 spiro atoms. The molecule has 0 saturated carbocycles. The molecule has 198 valence electrons. The summed E-state index contributed by atoms with van der Waals surface area (Å²) in [6.07, 6.45) is -6.22. The van der Waals surface area contributed by atoms with Crippen molar-refractivity contribution in [3.05, 3.63) is 58.9 Å². The summed E-state index contributed by atoms with van der Waals surface area (Å²) in [5.41, 5.74) is 8.42. The lowest BCUT2D eigenvalue weighted by atomic mass is 9.89. The molecule has 0 radical (unpaired) electrons. The molecule has 4 N–H and O–H groups in total. The van der Waals surface area contributed by atoms with Gasteiger partial charge in [-0.1, -0.05) is 12.1 Å². The third-order valence-corrected chi connectivity index (χ3v) is 5.44. The molecular weight excluding hydrogens is 510 g/mol. The maximum Gasteiger partial charge on any atom is 0.490 e. The fourth-order valence-corrected chi connectivity index (χ4v) is 3.77. The number of carbonyl (C=O) groups is 2. The maximum absolute atomic E-state index is 13.1. The van der Waals surface area contributed by atoms with Crippen molar-refractivity contribution in [2.24, 2.45) is 5.73 Å². The minimum absolute atomic E-state index is 0.140. The largest absolute Gasteiger partial charge is 0.490 e. The van der Waals surface area contributed by atoms with E-state index in [1.54, 1.807) is 18.3 Å². The number of fused-ring (bicyclic) bond motifs is 3. The fourth-order valence-electron chi connectivity index (χ4n) is 3.77. The van der Waals surface area contributed by atoms with E-state index in [9.17, 15) is 36.2 Å². The molecule has 14 heteroatoms. The summed E-state index contributed by atoms with van der Waals surface area (Å²) in [5, 5.41) is 21.3. The summed E-state index contributed by atoms with van der Waals surface area (Å²) >= 11 is 0. The molecule has 1 aliphatic carbocycles. The van der Waals surface area contributed by atoms with Crippen molar-refractivity contribution in [1.29, 1.82) is 0 Å². The normalized spacial score (nSPS) is 12.7. The molecule has 0 amide bonds. The quantitative estimate of drug-likeness (QED) is 0.417. The number of halogens is 6. The lowest BCUT2D eigenvalue weighted by molar-refractivity contribution is -0.192. The minimum Gasteiger partial charge on any atom is -0.477 e. The Labute approximate surface area is 205 Å². The third-order valence-electron chi connectivity index (χ3n) is 5.44. The van der Waals surface area contributed by atoms with Crippen LogP contribution < -0.4 is 5.73 Å². The first-order valence-electron chi connectivity index (χ1n) is 10.7. The number of carboxylic acids is 2. The minimum atomic E-state index is -5.08. The fraction of sp³-hybridized carbons (Fsp3) is 0.304. The molecule has 0 bridgehead atoms. The van der Waals surface area contributed by atoms with Crippen molar-refractivity contribution in [2.45, 2.75) is 38.2 Å². The summed E-state index contributed by atoms with van der Waals surface area (Å²) in [5.74, 6) is -3.82. The number of hydrogen-bond donors (Lipinski definition) is 3. The van der Waals surface area contributed by atoms with Crippen molar-refractivity contribution in [2.75, 3.05) is 6.54 Å². The molecule has 0 unspecified atom stereocenters. The summed E-state index contributed by atoms with van der Waals surface area (Å²) in [4.78, 5) is 25.1. The van der Waals surface area contributed by atoms with Gasteiger partial charge in [-0.15, -0.1) is 0 Å². The summed E-state index contributed by atoms with van der Waals surface area (Å²) in [7, 11) is 0. The molecule has 37 heavy (non-hydrogen) atoms. The van der Waals surface area contributed by atoms with E-state index < -0.39 is 29.9 Å². The van der Waals surface area contributed by atoms with Gasteiger partial charge in [-0.3, -0.25) is 9.67 Å². The highest BCUT2D eigenvalue weighted by molar-refractivity contribution is 5.91. The van der Waals surface area contributed by atoms with E-state index in [-0.39, 0.29) is 5.69 Å². The van der Waals surface area contributed by atoms with Crippen LogP contribution in [0.2, 0.25) is 0 Å². The summed E-state index contributed by atoms with van der Waals surface area (Å²) < 4.78 is 72.4. The Bertz CT molecular complexity index is 1320. The number of aliphatic carboxylic acids is 1. The maximum atomic E-state index is 13.1. The van der Waals surface area contributed by atoms with Crippen LogP contribution in [0.4, 0.5) is 26.3 Å². The SMILES string of the molecule is NCCCn1nc2c(c1C(=O)O)CCc1cnc(-c3cccc(C(F)(F)F)c3)cc1-2.O=C(O)C(F)(F)F. The van der Waals surface area contributed by atoms with Gasteiger partial charge >= 0.3 is 24.3 Å². The highest BCUT2D eigenvalue weighted by atomic mass is 19.4. The highest BCUT2D eigenvalue weighted by Crippen LogP contribution is 2.37. The van der Waals surface area contributed by atoms with Crippen LogP contribution in [0.5, 0.6) is 0 Å². The van der Waals surface area contributed by atoms with Crippen molar-refractivity contribution in [3.63, 3.8) is 0 Å². The Morgan fingerprint density at radius 2 is 1.73 bits per heavy atom. The van der Waals surface area contributed by atoms with Crippen molar-refractivity contribution in [1.82, 2.24) is 14.8 Å². The first-order chi connectivity index (χ1) is 17.2. The number of hydrogen-bond acceptors (Lipinski definition) is 5. The molecule has 0 saturated heterocycles. The first-order valence-corrected chi connectivity index (χ1v) is 10.7. The third kappa shape index (κ3) is 6.25. The molecular formula is C23H20F6N4O4. The lowest BCUT2D eigenvalue weighted by Gasteiger charge is -2.16. The number of carboxylic acid groups (broad SMARTS) is 2. The number of pyridine rings is 1. The van der Waals surface area contributed by atoms with Crippen LogP contribution in [0.1, 0.15) is 33.6 Å². The van der Waals surface area contributed by atoms with E-state index in [4.69, 9.17) is 15.6 Å². The number of nitrogens with zero attached hydrogens (tertiary/aromatic N) is 3. The van der Waals surface area contributed by atoms with Crippen LogP contribution in [0.25, 0.3) is 22.5 Å². The predicted octanol–water partition coefficient (Wildman–Crippen LogP) is 4.41. The standard InChI is InChI=1S/C21H19F3N4O2.C2HF3O2/c22-21(23,24)14-4-1-3-12(9-14)17-10-16-13(11-26-17)5-6-15-18(16)27-28(8-2-7-25)19(15)20(29)30;3-2(4,5)1(6)7/h1,3-4,9-11H,2,5-8,25H2,(H,29,30);(H,6,7). The second kappa shape index (κ2) is 10.6. The lowest BCUT2D eigenvalue weighted by Crippen LogP contribution is -2.21. The second-order valence-electron chi connectivity index (χ2n) is 7.95. The van der Waals surface area contributed by atoms with Gasteiger partial charge in [-0.2, -0.15) is 31.4 Å². The zero-order valence-electron chi connectivity index (χ0n) is 18.9. The molecule has 3 aromatic rings. The van der Waals surface area contributed by atoms with Gasteiger partial charge in [-0.25, -0.2) is 9.59 Å². The van der Waals surface area contributed by atoms with Crippen molar-refractivity contribution >= 4 is 11.9 Å². The van der Waals surface area contributed by atoms with Gasteiger partial charge in [0.05, 0.1) is 17.0 Å². The van der Waals surface area contributed by atoms with E-state index in [1.807, 2.05) is 0 Å². The number of aromatic carboxylic acids is 1. The van der Waals surface area contributed by atoms with E-state index >= 15 is 0 Å². The van der Waals surface area contributed by atoms with Gasteiger partial charge in [-0.05, 0) is 49.6 Å². The van der Waals surface area contributed by atoms with Gasteiger partial charge in [0.25, 0.3) is 0 Å². The Kier molecular flexibility index (Phi) is 7.91. The molecule has 0 atom stereocenters. The van der Waals surface area contributed by atoms with Gasteiger partial charge in [0.1, 0.15) is 5.69 Å². The number of alkyl halides is 6. The van der Waals surface area contributed by atoms with E-state index in [0.29, 0.717) is 60.4 Å². The average molecular weight is 530 g/mol. The van der Waals surface area contributed by atoms with Crippen molar-refractivity contribution < 1.29 is 46.1 Å². The molecule has 0 aliphatic heterocycles. The topological polar surface area (TPSA) is 131 Å². The van der Waals surface area contributed by atoms with Gasteiger partial charge in [0, 0.05) is 29.4 Å². The predicted molar refractivity (Wildman–Crippen MR) is 118 cm³/mol. The monoisotopic (exact) mass is 530 g/mol. The van der Waals surface area contributed by atoms with Gasteiger partial charge < -0.3 is 15.9 Å². The van der Waals surface area contributed by atoms with E-state index in [1.165, 1.54) is 10.7 Å². The van der Waals surface area contributed by atoms with Gasteiger partial charge in [0.2, 0.25) is 0 Å². The molecule has 0 fully saturated rings. The van der Waals surface area contributed by atoms with Crippen LogP contribution in [-0.4, -0.2) is 49.6 Å².